The first-order valence-electron chi connectivity index (χ1n) is 6.21. The molecule has 1 aliphatic rings. The molecule has 1 N–H and O–H groups in total. The number of hydrogen-bond donors (Lipinski definition) is 1. The largest absolute Gasteiger partial charge is 0.388 e. The summed E-state index contributed by atoms with van der Waals surface area (Å²) in [6.45, 7) is 2.24. The van der Waals surface area contributed by atoms with Crippen LogP contribution in [0.3, 0.4) is 0 Å². The lowest BCUT2D eigenvalue weighted by Gasteiger charge is -2.31. The second-order valence-electron chi connectivity index (χ2n) is 5.14. The topological polar surface area (TPSA) is 20.2 Å². The molecule has 0 saturated heterocycles. The molecule has 1 saturated carbocycles. The smallest absolute Gasteiger partial charge is 0.124 e. The van der Waals surface area contributed by atoms with Gasteiger partial charge in [-0.1, -0.05) is 25.8 Å². The molecule has 1 nitrogen and oxygen atoms in total. The Kier molecular flexibility index (Phi) is 4.42. The quantitative estimate of drug-likeness (QED) is 0.791. The van der Waals surface area contributed by atoms with Crippen LogP contribution in [0.5, 0.6) is 0 Å². The number of hydrogen-bond acceptors (Lipinski definition) is 1. The molecule has 2 rings (SSSR count). The number of halogens is 2. The van der Waals surface area contributed by atoms with E-state index in [1.807, 2.05) is 0 Å². The van der Waals surface area contributed by atoms with E-state index in [-0.39, 0.29) is 5.82 Å². The minimum absolute atomic E-state index is 0.234. The lowest BCUT2D eigenvalue weighted by Crippen LogP contribution is -2.20. The Morgan fingerprint density at radius 2 is 2.18 bits per heavy atom. The van der Waals surface area contributed by atoms with Gasteiger partial charge in [0.05, 0.1) is 6.10 Å². The highest BCUT2D eigenvalue weighted by Gasteiger charge is 2.27. The minimum atomic E-state index is -0.440. The Balaban J connectivity index is 2.15. The zero-order chi connectivity index (χ0) is 12.4. The lowest BCUT2D eigenvalue weighted by atomic mass is 9.78. The summed E-state index contributed by atoms with van der Waals surface area (Å²) < 4.78 is 13.9. The van der Waals surface area contributed by atoms with E-state index in [0.717, 1.165) is 22.0 Å². The minimum Gasteiger partial charge on any atom is -0.388 e. The molecular weight excluding hydrogens is 330 g/mol. The maximum absolute atomic E-state index is 13.0. The Bertz CT molecular complexity index is 394. The summed E-state index contributed by atoms with van der Waals surface area (Å²) in [5.41, 5.74) is 0.881. The van der Waals surface area contributed by atoms with E-state index in [2.05, 4.69) is 29.5 Å². The highest BCUT2D eigenvalue weighted by molar-refractivity contribution is 14.1. The van der Waals surface area contributed by atoms with Gasteiger partial charge in [-0.05, 0) is 65.0 Å². The van der Waals surface area contributed by atoms with Crippen LogP contribution in [-0.4, -0.2) is 5.11 Å². The molecule has 0 amide bonds. The van der Waals surface area contributed by atoms with Gasteiger partial charge in [-0.15, -0.1) is 0 Å². The van der Waals surface area contributed by atoms with Crippen LogP contribution < -0.4 is 0 Å². The fourth-order valence-electron chi connectivity index (χ4n) is 2.76. The van der Waals surface area contributed by atoms with E-state index in [1.165, 1.54) is 25.0 Å². The van der Waals surface area contributed by atoms with Gasteiger partial charge in [0.15, 0.2) is 0 Å². The maximum Gasteiger partial charge on any atom is 0.124 e. The molecule has 3 unspecified atom stereocenters. The predicted octanol–water partition coefficient (Wildman–Crippen LogP) is 4.29. The van der Waals surface area contributed by atoms with Crippen molar-refractivity contribution in [2.24, 2.45) is 11.8 Å². The molecule has 0 bridgehead atoms. The van der Waals surface area contributed by atoms with Crippen LogP contribution in [0.25, 0.3) is 0 Å². The average molecular weight is 348 g/mol. The van der Waals surface area contributed by atoms with Crippen molar-refractivity contribution in [1.29, 1.82) is 0 Å². The van der Waals surface area contributed by atoms with Crippen LogP contribution in [0, 0.1) is 21.2 Å². The second-order valence-corrected chi connectivity index (χ2v) is 6.30. The summed E-state index contributed by atoms with van der Waals surface area (Å²) in [5, 5.41) is 10.4. The maximum atomic E-state index is 13.0. The number of rotatable bonds is 2. The number of aliphatic hydroxyl groups excluding tert-OH is 1. The summed E-state index contributed by atoms with van der Waals surface area (Å²) in [7, 11) is 0. The molecule has 1 fully saturated rings. The van der Waals surface area contributed by atoms with E-state index in [4.69, 9.17) is 0 Å². The lowest BCUT2D eigenvalue weighted by molar-refractivity contribution is 0.0707. The standard InChI is InChI=1S/C14H18FIO/c1-9-3-2-4-10(7-9)14(17)12-6-5-11(15)8-13(12)16/h5-6,8-10,14,17H,2-4,7H2,1H3. The van der Waals surface area contributed by atoms with E-state index < -0.39 is 6.10 Å². The first-order chi connectivity index (χ1) is 8.08. The van der Waals surface area contributed by atoms with E-state index >= 15 is 0 Å². The molecule has 3 heteroatoms. The van der Waals surface area contributed by atoms with Crippen molar-refractivity contribution in [3.63, 3.8) is 0 Å². The van der Waals surface area contributed by atoms with Gasteiger partial charge in [-0.25, -0.2) is 4.39 Å². The van der Waals surface area contributed by atoms with Crippen LogP contribution in [-0.2, 0) is 0 Å². The van der Waals surface area contributed by atoms with Gasteiger partial charge in [0.25, 0.3) is 0 Å². The highest BCUT2D eigenvalue weighted by atomic mass is 127. The Hall–Kier alpha value is -0.160. The summed E-state index contributed by atoms with van der Waals surface area (Å²) in [5.74, 6) is 0.793. The molecule has 3 atom stereocenters. The van der Waals surface area contributed by atoms with Crippen molar-refractivity contribution < 1.29 is 9.50 Å². The summed E-state index contributed by atoms with van der Waals surface area (Å²) in [6, 6.07) is 4.65. The van der Waals surface area contributed by atoms with Crippen molar-refractivity contribution in [1.82, 2.24) is 0 Å². The first-order valence-corrected chi connectivity index (χ1v) is 7.29. The van der Waals surface area contributed by atoms with E-state index in [9.17, 15) is 9.50 Å². The zero-order valence-electron chi connectivity index (χ0n) is 10.00. The average Bonchev–Trinajstić information content (AvgIpc) is 2.28. The number of benzene rings is 1. The van der Waals surface area contributed by atoms with Crippen LogP contribution in [0.1, 0.15) is 44.3 Å². The second kappa shape index (κ2) is 5.65. The normalized spacial score (nSPS) is 26.8. The van der Waals surface area contributed by atoms with Gasteiger partial charge < -0.3 is 5.11 Å². The van der Waals surface area contributed by atoms with Crippen LogP contribution >= 0.6 is 22.6 Å². The van der Waals surface area contributed by atoms with Crippen molar-refractivity contribution in [2.45, 2.75) is 38.7 Å². The molecule has 0 radical (unpaired) electrons. The third kappa shape index (κ3) is 3.19. The van der Waals surface area contributed by atoms with Crippen LogP contribution in [0.15, 0.2) is 18.2 Å². The van der Waals surface area contributed by atoms with Crippen molar-refractivity contribution >= 4 is 22.6 Å². The van der Waals surface area contributed by atoms with E-state index in [1.54, 1.807) is 6.07 Å². The fourth-order valence-corrected chi connectivity index (χ4v) is 3.56. The molecule has 1 aromatic carbocycles. The Morgan fingerprint density at radius 3 is 2.82 bits per heavy atom. The molecule has 1 aromatic rings. The molecule has 17 heavy (non-hydrogen) atoms. The van der Waals surface area contributed by atoms with Gasteiger partial charge in [0.2, 0.25) is 0 Å². The monoisotopic (exact) mass is 348 g/mol. The molecule has 0 heterocycles. The summed E-state index contributed by atoms with van der Waals surface area (Å²) >= 11 is 2.10. The van der Waals surface area contributed by atoms with Crippen LogP contribution in [0.2, 0.25) is 0 Å². The molecule has 94 valence electrons. The summed E-state index contributed by atoms with van der Waals surface area (Å²) in [6.07, 6.45) is 4.18. The van der Waals surface area contributed by atoms with Crippen molar-refractivity contribution in [3.8, 4) is 0 Å². The van der Waals surface area contributed by atoms with Crippen molar-refractivity contribution in [3.05, 3.63) is 33.1 Å². The van der Waals surface area contributed by atoms with Gasteiger partial charge in [0, 0.05) is 3.57 Å². The molecule has 0 aliphatic heterocycles. The van der Waals surface area contributed by atoms with E-state index in [0.29, 0.717) is 11.8 Å². The third-order valence-corrected chi connectivity index (χ3v) is 4.64. The van der Waals surface area contributed by atoms with Crippen molar-refractivity contribution in [2.75, 3.05) is 0 Å². The molecule has 0 spiro atoms. The summed E-state index contributed by atoms with van der Waals surface area (Å²) in [4.78, 5) is 0. The van der Waals surface area contributed by atoms with Crippen LogP contribution in [0.4, 0.5) is 4.39 Å². The van der Waals surface area contributed by atoms with Gasteiger partial charge in [-0.2, -0.15) is 0 Å². The fraction of sp³-hybridized carbons (Fsp3) is 0.571. The first kappa shape index (κ1) is 13.3. The van der Waals surface area contributed by atoms with Gasteiger partial charge in [0.1, 0.15) is 5.82 Å². The number of aliphatic hydroxyl groups is 1. The molecule has 1 aliphatic carbocycles. The highest BCUT2D eigenvalue weighted by Crippen LogP contribution is 2.38. The third-order valence-electron chi connectivity index (χ3n) is 3.70. The Labute approximate surface area is 116 Å². The van der Waals surface area contributed by atoms with Gasteiger partial charge >= 0.3 is 0 Å². The van der Waals surface area contributed by atoms with Gasteiger partial charge in [-0.3, -0.25) is 0 Å². The zero-order valence-corrected chi connectivity index (χ0v) is 12.2. The molecular formula is C14H18FIO. The molecule has 0 aromatic heterocycles. The Morgan fingerprint density at radius 1 is 1.41 bits per heavy atom. The predicted molar refractivity (Wildman–Crippen MR) is 75.2 cm³/mol. The SMILES string of the molecule is CC1CCCC(C(O)c2ccc(F)cc2I)C1.